The summed E-state index contributed by atoms with van der Waals surface area (Å²) in [6.45, 7) is 2.00. The van der Waals surface area contributed by atoms with Crippen LogP contribution in [0.4, 0.5) is 0 Å². The van der Waals surface area contributed by atoms with Crippen molar-refractivity contribution in [1.82, 2.24) is 14.2 Å². The molecule has 1 aromatic carbocycles. The van der Waals surface area contributed by atoms with Crippen molar-refractivity contribution in [3.05, 3.63) is 71.0 Å². The average Bonchev–Trinajstić information content (AvgIpc) is 2.95. The van der Waals surface area contributed by atoms with Gasteiger partial charge in [0.05, 0.1) is 17.7 Å². The van der Waals surface area contributed by atoms with Gasteiger partial charge in [-0.05, 0) is 19.1 Å². The summed E-state index contributed by atoms with van der Waals surface area (Å²) >= 11 is 0. The number of imidazole rings is 1. The molecule has 0 radical (unpaired) electrons. The fourth-order valence-electron chi connectivity index (χ4n) is 2.15. The Hall–Kier alpha value is -2.82. The zero-order valence-corrected chi connectivity index (χ0v) is 11.0. The van der Waals surface area contributed by atoms with Gasteiger partial charge in [0.2, 0.25) is 0 Å². The molecule has 0 amide bonds. The Bertz CT molecular complexity index is 803. The van der Waals surface area contributed by atoms with Gasteiger partial charge < -0.3 is 10.4 Å². The van der Waals surface area contributed by atoms with Crippen LogP contribution in [0, 0.1) is 6.92 Å². The van der Waals surface area contributed by atoms with Gasteiger partial charge in [0, 0.05) is 24.0 Å². The van der Waals surface area contributed by atoms with E-state index in [1.165, 1.54) is 6.07 Å². The highest BCUT2D eigenvalue weighted by atomic mass is 16.1. The number of benzene rings is 1. The summed E-state index contributed by atoms with van der Waals surface area (Å²) in [7, 11) is 0. The van der Waals surface area contributed by atoms with Gasteiger partial charge in [0.15, 0.2) is 0 Å². The fraction of sp³-hybridized carbons (Fsp3) is 0.0667. The second kappa shape index (κ2) is 4.70. The van der Waals surface area contributed by atoms with Crippen molar-refractivity contribution < 1.29 is 0 Å². The SMILES string of the molecule is Cc1cccc(-c2cc(-n3ccnc3)cc(=O)n2N)c1. The quantitative estimate of drug-likeness (QED) is 0.718. The third-order valence-electron chi connectivity index (χ3n) is 3.17. The van der Waals surface area contributed by atoms with Gasteiger partial charge in [0.1, 0.15) is 0 Å². The van der Waals surface area contributed by atoms with Crippen molar-refractivity contribution >= 4 is 0 Å². The highest BCUT2D eigenvalue weighted by Gasteiger charge is 2.08. The summed E-state index contributed by atoms with van der Waals surface area (Å²) in [5, 5.41) is 0. The molecule has 0 saturated heterocycles. The first-order valence-corrected chi connectivity index (χ1v) is 6.23. The van der Waals surface area contributed by atoms with Gasteiger partial charge in [-0.25, -0.2) is 9.66 Å². The largest absolute Gasteiger partial charge is 0.336 e. The second-order valence-corrected chi connectivity index (χ2v) is 4.65. The molecular weight excluding hydrogens is 252 g/mol. The van der Waals surface area contributed by atoms with Crippen LogP contribution in [-0.2, 0) is 0 Å². The van der Waals surface area contributed by atoms with Gasteiger partial charge >= 0.3 is 0 Å². The van der Waals surface area contributed by atoms with Gasteiger partial charge in [-0.2, -0.15) is 0 Å². The minimum absolute atomic E-state index is 0.257. The number of nitrogen functional groups attached to an aromatic ring is 1. The Morgan fingerprint density at radius 1 is 1.20 bits per heavy atom. The van der Waals surface area contributed by atoms with Crippen LogP contribution in [0.15, 0.2) is 59.9 Å². The third-order valence-corrected chi connectivity index (χ3v) is 3.17. The molecule has 2 heterocycles. The van der Waals surface area contributed by atoms with E-state index < -0.39 is 0 Å². The number of pyridine rings is 1. The maximum Gasteiger partial charge on any atom is 0.271 e. The summed E-state index contributed by atoms with van der Waals surface area (Å²) in [4.78, 5) is 16.0. The molecule has 0 fully saturated rings. The highest BCUT2D eigenvalue weighted by molar-refractivity contribution is 5.63. The Balaban J connectivity index is 2.23. The lowest BCUT2D eigenvalue weighted by atomic mass is 10.1. The molecule has 0 saturated carbocycles. The molecule has 0 spiro atoms. The fourth-order valence-corrected chi connectivity index (χ4v) is 2.15. The zero-order valence-electron chi connectivity index (χ0n) is 11.0. The smallest absolute Gasteiger partial charge is 0.271 e. The second-order valence-electron chi connectivity index (χ2n) is 4.65. The predicted octanol–water partition coefficient (Wildman–Crippen LogP) is 1.72. The van der Waals surface area contributed by atoms with Crippen molar-refractivity contribution in [2.24, 2.45) is 0 Å². The summed E-state index contributed by atoms with van der Waals surface area (Å²) in [6.07, 6.45) is 5.10. The van der Waals surface area contributed by atoms with Crippen LogP contribution < -0.4 is 11.4 Å². The van der Waals surface area contributed by atoms with Crippen LogP contribution in [0.1, 0.15) is 5.56 Å². The van der Waals surface area contributed by atoms with Crippen LogP contribution in [-0.4, -0.2) is 14.2 Å². The molecule has 0 atom stereocenters. The predicted molar refractivity (Wildman–Crippen MR) is 78.1 cm³/mol. The standard InChI is InChI=1S/C15H14N4O/c1-11-3-2-4-12(7-11)14-8-13(9-15(20)19(14)16)18-6-5-17-10-18/h2-10H,16H2,1H3. The number of aryl methyl sites for hydroxylation is 1. The third kappa shape index (κ3) is 2.09. The lowest BCUT2D eigenvalue weighted by Crippen LogP contribution is -2.28. The summed E-state index contributed by atoms with van der Waals surface area (Å²) < 4.78 is 2.94. The van der Waals surface area contributed by atoms with Crippen LogP contribution in [0.25, 0.3) is 16.9 Å². The van der Waals surface area contributed by atoms with Crippen LogP contribution >= 0.6 is 0 Å². The maximum atomic E-state index is 12.0. The van der Waals surface area contributed by atoms with E-state index in [2.05, 4.69) is 4.98 Å². The normalized spacial score (nSPS) is 10.7. The molecule has 0 unspecified atom stereocenters. The van der Waals surface area contributed by atoms with Crippen molar-refractivity contribution in [3.63, 3.8) is 0 Å². The van der Waals surface area contributed by atoms with E-state index in [1.807, 2.05) is 37.3 Å². The molecule has 2 aromatic heterocycles. The summed E-state index contributed by atoms with van der Waals surface area (Å²) in [5.74, 6) is 5.87. The zero-order chi connectivity index (χ0) is 14.1. The van der Waals surface area contributed by atoms with E-state index in [-0.39, 0.29) is 5.56 Å². The number of hydrogen-bond acceptors (Lipinski definition) is 3. The first-order valence-electron chi connectivity index (χ1n) is 6.23. The number of rotatable bonds is 2. The highest BCUT2D eigenvalue weighted by Crippen LogP contribution is 2.20. The van der Waals surface area contributed by atoms with Gasteiger partial charge in [-0.3, -0.25) is 4.79 Å². The summed E-state index contributed by atoms with van der Waals surface area (Å²) in [6, 6.07) is 11.2. The topological polar surface area (TPSA) is 65.8 Å². The first kappa shape index (κ1) is 12.2. The van der Waals surface area contributed by atoms with E-state index in [0.717, 1.165) is 21.5 Å². The maximum absolute atomic E-state index is 12.0. The molecular formula is C15H14N4O. The number of nitrogens with two attached hydrogens (primary N) is 1. The lowest BCUT2D eigenvalue weighted by molar-refractivity contribution is 0.927. The van der Waals surface area contributed by atoms with Crippen LogP contribution in [0.2, 0.25) is 0 Å². The van der Waals surface area contributed by atoms with Gasteiger partial charge in [0.25, 0.3) is 5.56 Å². The molecule has 3 aromatic rings. The van der Waals surface area contributed by atoms with Crippen molar-refractivity contribution in [3.8, 4) is 16.9 Å². The molecule has 100 valence electrons. The lowest BCUT2D eigenvalue weighted by Gasteiger charge is -2.11. The van der Waals surface area contributed by atoms with E-state index >= 15 is 0 Å². The molecule has 2 N–H and O–H groups in total. The molecule has 5 heteroatoms. The minimum Gasteiger partial charge on any atom is -0.336 e. The Labute approximate surface area is 115 Å². The van der Waals surface area contributed by atoms with E-state index in [4.69, 9.17) is 5.84 Å². The molecule has 0 bridgehead atoms. The van der Waals surface area contributed by atoms with E-state index in [0.29, 0.717) is 5.69 Å². The Kier molecular flexibility index (Phi) is 2.87. The molecule has 3 rings (SSSR count). The minimum atomic E-state index is -0.257. The number of aromatic nitrogens is 3. The Morgan fingerprint density at radius 2 is 2.05 bits per heavy atom. The van der Waals surface area contributed by atoms with Gasteiger partial charge in [-0.1, -0.05) is 23.8 Å². The number of hydrogen-bond donors (Lipinski definition) is 1. The molecule has 5 nitrogen and oxygen atoms in total. The van der Waals surface area contributed by atoms with Crippen molar-refractivity contribution in [2.75, 3.05) is 5.84 Å². The Morgan fingerprint density at radius 3 is 2.75 bits per heavy atom. The van der Waals surface area contributed by atoms with Crippen molar-refractivity contribution in [1.29, 1.82) is 0 Å². The van der Waals surface area contributed by atoms with Gasteiger partial charge in [-0.15, -0.1) is 0 Å². The van der Waals surface area contributed by atoms with Crippen molar-refractivity contribution in [2.45, 2.75) is 6.92 Å². The molecule has 0 aliphatic rings. The summed E-state index contributed by atoms with van der Waals surface area (Å²) in [5.41, 5.74) is 3.18. The van der Waals surface area contributed by atoms with E-state index in [9.17, 15) is 4.79 Å². The number of nitrogens with zero attached hydrogens (tertiary/aromatic N) is 3. The average molecular weight is 266 g/mol. The first-order chi connectivity index (χ1) is 9.65. The van der Waals surface area contributed by atoms with Crippen LogP contribution in [0.5, 0.6) is 0 Å². The molecule has 20 heavy (non-hydrogen) atoms. The molecule has 0 aliphatic heterocycles. The van der Waals surface area contributed by atoms with Crippen LogP contribution in [0.3, 0.4) is 0 Å². The molecule has 0 aliphatic carbocycles. The monoisotopic (exact) mass is 266 g/mol. The van der Waals surface area contributed by atoms with E-state index in [1.54, 1.807) is 23.3 Å².